The van der Waals surface area contributed by atoms with E-state index in [2.05, 4.69) is 35.1 Å². The third-order valence-electron chi connectivity index (χ3n) is 6.93. The number of hydrazine groups is 1. The number of anilines is 1. The number of nitriles is 1. The minimum Gasteiger partial charge on any atom is -0.497 e. The summed E-state index contributed by atoms with van der Waals surface area (Å²) in [6.07, 6.45) is 6.04. The maximum absolute atomic E-state index is 11.0. The topological polar surface area (TPSA) is 94.4 Å². The average Bonchev–Trinajstić information content (AvgIpc) is 3.34. The van der Waals surface area contributed by atoms with E-state index in [1.807, 2.05) is 42.5 Å². The number of carboxylic acids is 1. The van der Waals surface area contributed by atoms with Crippen LogP contribution in [0.4, 0.5) is 5.69 Å². The van der Waals surface area contributed by atoms with Crippen LogP contribution in [0.3, 0.4) is 0 Å². The Bertz CT molecular complexity index is 1410. The third kappa shape index (κ3) is 4.61. The Morgan fingerprint density at radius 3 is 2.53 bits per heavy atom. The molecule has 3 aromatic rings. The highest BCUT2D eigenvalue weighted by atomic mass is 16.5. The number of aliphatic carboxylic acids is 1. The van der Waals surface area contributed by atoms with E-state index in [-0.39, 0.29) is 0 Å². The lowest BCUT2D eigenvalue weighted by Crippen LogP contribution is -2.16. The van der Waals surface area contributed by atoms with Crippen LogP contribution in [0.5, 0.6) is 5.75 Å². The van der Waals surface area contributed by atoms with Crippen LogP contribution in [0.1, 0.15) is 52.6 Å². The molecule has 0 bridgehead atoms. The molecule has 0 saturated heterocycles. The van der Waals surface area contributed by atoms with Crippen molar-refractivity contribution in [3.63, 3.8) is 0 Å². The van der Waals surface area contributed by atoms with E-state index in [1.165, 1.54) is 11.1 Å². The zero-order valence-electron chi connectivity index (χ0n) is 20.0. The van der Waals surface area contributed by atoms with Crippen molar-refractivity contribution in [2.24, 2.45) is 5.92 Å². The van der Waals surface area contributed by atoms with Crippen LogP contribution in [0.15, 0.2) is 66.7 Å². The largest absolute Gasteiger partial charge is 0.497 e. The van der Waals surface area contributed by atoms with Gasteiger partial charge in [-0.1, -0.05) is 36.8 Å². The summed E-state index contributed by atoms with van der Waals surface area (Å²) in [4.78, 5) is 11.0. The van der Waals surface area contributed by atoms with E-state index in [1.54, 1.807) is 13.2 Å². The highest BCUT2D eigenvalue weighted by molar-refractivity contribution is 6.01. The van der Waals surface area contributed by atoms with Crippen molar-refractivity contribution in [3.05, 3.63) is 100 Å². The molecule has 0 radical (unpaired) electrons. The van der Waals surface area contributed by atoms with Gasteiger partial charge >= 0.3 is 5.97 Å². The molecule has 0 spiro atoms. The molecule has 6 nitrogen and oxygen atoms in total. The number of methoxy groups -OCH3 is 1. The van der Waals surface area contributed by atoms with Gasteiger partial charge in [-0.3, -0.25) is 0 Å². The lowest BCUT2D eigenvalue weighted by molar-refractivity contribution is -0.131. The highest BCUT2D eigenvalue weighted by Crippen LogP contribution is 2.46. The number of carbonyl (C=O) groups is 1. The van der Waals surface area contributed by atoms with E-state index in [0.29, 0.717) is 17.2 Å². The van der Waals surface area contributed by atoms with Crippen molar-refractivity contribution in [2.75, 3.05) is 12.5 Å². The maximum Gasteiger partial charge on any atom is 0.328 e. The first kappa shape index (κ1) is 23.4. The van der Waals surface area contributed by atoms with Gasteiger partial charge < -0.3 is 15.3 Å². The minimum absolute atomic E-state index is 0.344. The predicted octanol–water partition coefficient (Wildman–Crippen LogP) is 5.85. The van der Waals surface area contributed by atoms with Crippen molar-refractivity contribution >= 4 is 28.9 Å². The van der Waals surface area contributed by atoms with Gasteiger partial charge in [-0.25, -0.2) is 10.2 Å². The van der Waals surface area contributed by atoms with Gasteiger partial charge in [0.2, 0.25) is 0 Å². The van der Waals surface area contributed by atoms with E-state index < -0.39 is 5.97 Å². The fourth-order valence-corrected chi connectivity index (χ4v) is 4.89. The van der Waals surface area contributed by atoms with Gasteiger partial charge in [-0.2, -0.15) is 5.26 Å². The summed E-state index contributed by atoms with van der Waals surface area (Å²) in [6, 6.07) is 22.5. The zero-order valence-corrected chi connectivity index (χ0v) is 20.0. The number of benzene rings is 3. The summed E-state index contributed by atoms with van der Waals surface area (Å²) in [7, 11) is 1.61. The van der Waals surface area contributed by atoms with Crippen LogP contribution in [0, 0.1) is 17.2 Å². The molecule has 1 fully saturated rings. The van der Waals surface area contributed by atoms with E-state index in [4.69, 9.17) is 9.84 Å². The van der Waals surface area contributed by atoms with Gasteiger partial charge in [-0.05, 0) is 94.1 Å². The lowest BCUT2D eigenvalue weighted by atomic mass is 9.72. The van der Waals surface area contributed by atoms with Crippen LogP contribution >= 0.6 is 0 Å². The van der Waals surface area contributed by atoms with Crippen LogP contribution in [-0.2, 0) is 11.3 Å². The number of allylic oxidation sites excluding steroid dienone is 1. The Kier molecular flexibility index (Phi) is 6.57. The number of carboxylic acid groups (broad SMARTS) is 1. The fraction of sp³-hybridized carbons (Fsp3) is 0.200. The number of nitrogens with zero attached hydrogens (tertiary/aromatic N) is 1. The van der Waals surface area contributed by atoms with Gasteiger partial charge in [0.1, 0.15) is 5.75 Å². The molecule has 5 rings (SSSR count). The molecule has 0 unspecified atom stereocenters. The lowest BCUT2D eigenvalue weighted by Gasteiger charge is -2.32. The fourth-order valence-electron chi connectivity index (χ4n) is 4.89. The Morgan fingerprint density at radius 1 is 1.08 bits per heavy atom. The number of nitrogens with one attached hydrogen (secondary N) is 2. The third-order valence-corrected chi connectivity index (χ3v) is 6.93. The van der Waals surface area contributed by atoms with Crippen molar-refractivity contribution in [2.45, 2.75) is 25.8 Å². The molecular formula is C30H27N3O3. The molecule has 1 aliphatic carbocycles. The molecule has 1 saturated carbocycles. The summed E-state index contributed by atoms with van der Waals surface area (Å²) in [6.45, 7) is 0.736. The highest BCUT2D eigenvalue weighted by Gasteiger charge is 2.29. The molecule has 2 aliphatic rings. The molecule has 1 heterocycles. The predicted molar refractivity (Wildman–Crippen MR) is 141 cm³/mol. The zero-order chi connectivity index (χ0) is 25.1. The molecule has 0 aromatic heterocycles. The number of rotatable bonds is 7. The molecule has 6 heteroatoms. The Hall–Kier alpha value is -4.34. The summed E-state index contributed by atoms with van der Waals surface area (Å²) < 4.78 is 5.40. The Morgan fingerprint density at radius 2 is 1.86 bits per heavy atom. The van der Waals surface area contributed by atoms with Crippen molar-refractivity contribution in [3.8, 4) is 11.8 Å². The standard InChI is InChI=1S/C30H27N3O3/c1-36-25-11-12-26(23(16-25)17-31)30(20-3-2-4-20)29(22-10-13-27-24(15-22)18-32-33-27)21-8-5-19(6-9-21)7-14-28(34)35/h5-16,20,32-33H,2-4,18H2,1H3,(H,34,35)/b14-7+,30-29+. The van der Waals surface area contributed by atoms with Gasteiger partial charge in [0.15, 0.2) is 0 Å². The SMILES string of the molecule is COc1ccc(/C(=C(\c2ccc(/C=C/C(=O)O)cc2)c2ccc3c(c2)CNN3)C2CCC2)c(C#N)c1. The molecule has 180 valence electrons. The normalized spacial score (nSPS) is 15.4. The van der Waals surface area contributed by atoms with Crippen molar-refractivity contribution < 1.29 is 14.6 Å². The number of hydrogen-bond acceptors (Lipinski definition) is 5. The summed E-state index contributed by atoms with van der Waals surface area (Å²) in [5.41, 5.74) is 15.4. The molecule has 36 heavy (non-hydrogen) atoms. The first-order valence-electron chi connectivity index (χ1n) is 12.0. The molecule has 1 aliphatic heterocycles. The van der Waals surface area contributed by atoms with Gasteiger partial charge in [-0.15, -0.1) is 0 Å². The van der Waals surface area contributed by atoms with Crippen LogP contribution < -0.4 is 15.6 Å². The molecule has 0 atom stereocenters. The van der Waals surface area contributed by atoms with Gasteiger partial charge in [0.25, 0.3) is 0 Å². The molecule has 0 amide bonds. The number of ether oxygens (including phenoxy) is 1. The first-order valence-corrected chi connectivity index (χ1v) is 12.0. The minimum atomic E-state index is -0.976. The van der Waals surface area contributed by atoms with E-state index in [9.17, 15) is 10.1 Å². The van der Waals surface area contributed by atoms with Crippen molar-refractivity contribution in [1.29, 1.82) is 5.26 Å². The van der Waals surface area contributed by atoms with Crippen molar-refractivity contribution in [1.82, 2.24) is 5.43 Å². The quantitative estimate of drug-likeness (QED) is 0.292. The first-order chi connectivity index (χ1) is 17.6. The Balaban J connectivity index is 1.74. The molecular weight excluding hydrogens is 450 g/mol. The smallest absolute Gasteiger partial charge is 0.328 e. The maximum atomic E-state index is 11.0. The average molecular weight is 478 g/mol. The van der Waals surface area contributed by atoms with Crippen LogP contribution in [-0.4, -0.2) is 18.2 Å². The Labute approximate surface area is 210 Å². The number of hydrogen-bond donors (Lipinski definition) is 3. The second kappa shape index (κ2) is 10.1. The summed E-state index contributed by atoms with van der Waals surface area (Å²) in [5, 5.41) is 19.0. The number of fused-ring (bicyclic) bond motifs is 1. The second-order valence-corrected chi connectivity index (χ2v) is 9.08. The van der Waals surface area contributed by atoms with Crippen LogP contribution in [0.25, 0.3) is 17.2 Å². The summed E-state index contributed by atoms with van der Waals surface area (Å²) >= 11 is 0. The second-order valence-electron chi connectivity index (χ2n) is 9.08. The van der Waals surface area contributed by atoms with E-state index >= 15 is 0 Å². The summed E-state index contributed by atoms with van der Waals surface area (Å²) in [5.74, 6) is 0.0291. The van der Waals surface area contributed by atoms with Gasteiger partial charge in [0, 0.05) is 12.6 Å². The monoisotopic (exact) mass is 477 g/mol. The molecule has 3 aromatic carbocycles. The van der Waals surface area contributed by atoms with E-state index in [0.717, 1.165) is 65.4 Å². The molecule has 3 N–H and O–H groups in total. The van der Waals surface area contributed by atoms with Crippen LogP contribution in [0.2, 0.25) is 0 Å². The van der Waals surface area contributed by atoms with Gasteiger partial charge in [0.05, 0.1) is 24.4 Å².